The number of ether oxygens (including phenoxy) is 1. The molecule has 1 saturated heterocycles. The van der Waals surface area contributed by atoms with E-state index in [0.29, 0.717) is 17.9 Å². The third kappa shape index (κ3) is 4.05. The van der Waals surface area contributed by atoms with Crippen molar-refractivity contribution in [3.05, 3.63) is 23.4 Å². The van der Waals surface area contributed by atoms with E-state index >= 15 is 0 Å². The van der Waals surface area contributed by atoms with Crippen molar-refractivity contribution >= 4 is 5.91 Å². The zero-order valence-electron chi connectivity index (χ0n) is 15.2. The van der Waals surface area contributed by atoms with E-state index in [2.05, 4.69) is 9.88 Å². The van der Waals surface area contributed by atoms with Crippen molar-refractivity contribution < 1.29 is 22.7 Å². The van der Waals surface area contributed by atoms with Gasteiger partial charge in [0.1, 0.15) is 6.10 Å². The lowest BCUT2D eigenvalue weighted by atomic mass is 9.90. The summed E-state index contributed by atoms with van der Waals surface area (Å²) in [4.78, 5) is 19.3. The summed E-state index contributed by atoms with van der Waals surface area (Å²) >= 11 is 0. The second kappa shape index (κ2) is 7.30. The molecule has 0 atom stereocenters. The molecule has 0 radical (unpaired) electrons. The van der Waals surface area contributed by atoms with E-state index in [0.717, 1.165) is 42.6 Å². The summed E-state index contributed by atoms with van der Waals surface area (Å²) in [5.74, 6) is -1.25. The van der Waals surface area contributed by atoms with Crippen molar-refractivity contribution in [1.82, 2.24) is 14.8 Å². The predicted octanol–water partition coefficient (Wildman–Crippen LogP) is 2.92. The van der Waals surface area contributed by atoms with Crippen LogP contribution >= 0.6 is 0 Å². The van der Waals surface area contributed by atoms with Crippen LogP contribution in [0.25, 0.3) is 0 Å². The van der Waals surface area contributed by atoms with Gasteiger partial charge in [-0.25, -0.2) is 4.98 Å². The van der Waals surface area contributed by atoms with Gasteiger partial charge in [-0.05, 0) is 31.2 Å². The van der Waals surface area contributed by atoms with E-state index in [1.54, 1.807) is 12.1 Å². The number of pyridine rings is 1. The molecule has 0 bridgehead atoms. The number of piperidine rings is 1. The van der Waals surface area contributed by atoms with Crippen LogP contribution in [0.2, 0.25) is 0 Å². The summed E-state index contributed by atoms with van der Waals surface area (Å²) in [6, 6.07) is 4.20. The molecule has 1 aromatic rings. The molecule has 1 aromatic heterocycles. The average Bonchev–Trinajstić information content (AvgIpc) is 2.60. The van der Waals surface area contributed by atoms with Gasteiger partial charge in [-0.15, -0.1) is 0 Å². The first-order valence-corrected chi connectivity index (χ1v) is 9.66. The largest absolute Gasteiger partial charge is 0.474 e. The van der Waals surface area contributed by atoms with Crippen LogP contribution in [0.3, 0.4) is 0 Å². The number of rotatable bonds is 3. The quantitative estimate of drug-likeness (QED) is 0.805. The van der Waals surface area contributed by atoms with Gasteiger partial charge in [0.05, 0.1) is 5.69 Å². The number of fused-ring (bicyclic) bond motifs is 1. The third-order valence-electron chi connectivity index (χ3n) is 5.91. The Morgan fingerprint density at radius 3 is 2.48 bits per heavy atom. The molecule has 8 heteroatoms. The van der Waals surface area contributed by atoms with Gasteiger partial charge in [0.2, 0.25) is 5.88 Å². The van der Waals surface area contributed by atoms with Crippen molar-refractivity contribution in [2.45, 2.75) is 63.4 Å². The number of hydrogen-bond acceptors (Lipinski definition) is 4. The van der Waals surface area contributed by atoms with Gasteiger partial charge in [-0.3, -0.25) is 4.79 Å². The van der Waals surface area contributed by atoms with Crippen LogP contribution in [0, 0.1) is 0 Å². The summed E-state index contributed by atoms with van der Waals surface area (Å²) in [6.07, 6.45) is 1.53. The molecular formula is C19H24F3N3O2. The minimum Gasteiger partial charge on any atom is -0.474 e. The molecule has 3 aliphatic rings. The van der Waals surface area contributed by atoms with E-state index in [-0.39, 0.29) is 19.2 Å². The monoisotopic (exact) mass is 383 g/mol. The first-order valence-electron chi connectivity index (χ1n) is 9.66. The number of alkyl halides is 3. The van der Waals surface area contributed by atoms with Crippen molar-refractivity contribution in [2.75, 3.05) is 19.6 Å². The fourth-order valence-corrected chi connectivity index (χ4v) is 4.10. The average molecular weight is 383 g/mol. The maximum Gasteiger partial charge on any atom is 0.471 e. The summed E-state index contributed by atoms with van der Waals surface area (Å²) in [5, 5.41) is 0. The first kappa shape index (κ1) is 18.5. The molecule has 1 amide bonds. The Hall–Kier alpha value is -1.83. The lowest BCUT2D eigenvalue weighted by molar-refractivity contribution is -0.186. The van der Waals surface area contributed by atoms with Crippen molar-refractivity contribution in [2.24, 2.45) is 0 Å². The fourth-order valence-electron chi connectivity index (χ4n) is 4.10. The minimum absolute atomic E-state index is 0.0293. The highest BCUT2D eigenvalue weighted by Crippen LogP contribution is 2.29. The lowest BCUT2D eigenvalue weighted by Gasteiger charge is -2.41. The zero-order chi connectivity index (χ0) is 19.0. The number of nitrogens with zero attached hydrogens (tertiary/aromatic N) is 3. The Balaban J connectivity index is 1.33. The molecule has 1 saturated carbocycles. The molecule has 1 aliphatic carbocycles. The maximum atomic E-state index is 12.6. The normalized spacial score (nSPS) is 22.3. The standard InChI is InChI=1S/C19H24F3N3O2/c20-19(21,22)18(26)25-11-8-16-13(12-25)4-5-17(23-16)27-15-6-9-24(10-7-15)14-2-1-3-14/h4-5,14-15H,1-3,6-12H2. The Kier molecular flexibility index (Phi) is 5.01. The molecule has 0 unspecified atom stereocenters. The second-order valence-corrected chi connectivity index (χ2v) is 7.67. The van der Waals surface area contributed by atoms with Gasteiger partial charge in [0.25, 0.3) is 0 Å². The van der Waals surface area contributed by atoms with E-state index in [4.69, 9.17) is 4.74 Å². The molecule has 5 nitrogen and oxygen atoms in total. The predicted molar refractivity (Wildman–Crippen MR) is 92.3 cm³/mol. The summed E-state index contributed by atoms with van der Waals surface area (Å²) in [7, 11) is 0. The number of halogens is 3. The van der Waals surface area contributed by atoms with Crippen LogP contribution < -0.4 is 4.74 Å². The summed E-state index contributed by atoms with van der Waals surface area (Å²) in [6.45, 7) is 2.08. The van der Waals surface area contributed by atoms with Gasteiger partial charge < -0.3 is 14.5 Å². The topological polar surface area (TPSA) is 45.7 Å². The number of amides is 1. The Labute approximate surface area is 156 Å². The smallest absolute Gasteiger partial charge is 0.471 e. The van der Waals surface area contributed by atoms with Crippen molar-refractivity contribution in [3.8, 4) is 5.88 Å². The molecule has 0 spiro atoms. The maximum absolute atomic E-state index is 12.6. The van der Waals surface area contributed by atoms with E-state index in [1.165, 1.54) is 19.3 Å². The molecule has 0 N–H and O–H groups in total. The van der Waals surface area contributed by atoms with E-state index in [1.807, 2.05) is 0 Å². The van der Waals surface area contributed by atoms with Crippen LogP contribution in [0.1, 0.15) is 43.4 Å². The highest BCUT2D eigenvalue weighted by atomic mass is 19.4. The summed E-state index contributed by atoms with van der Waals surface area (Å²) < 4.78 is 43.9. The van der Waals surface area contributed by atoms with Crippen LogP contribution in [0.5, 0.6) is 5.88 Å². The van der Waals surface area contributed by atoms with Gasteiger partial charge >= 0.3 is 12.1 Å². The molecule has 27 heavy (non-hydrogen) atoms. The van der Waals surface area contributed by atoms with Gasteiger partial charge in [0.15, 0.2) is 0 Å². The molecule has 2 fully saturated rings. The van der Waals surface area contributed by atoms with Crippen LogP contribution in [-0.4, -0.2) is 58.6 Å². The minimum atomic E-state index is -4.83. The van der Waals surface area contributed by atoms with Crippen molar-refractivity contribution in [1.29, 1.82) is 0 Å². The van der Waals surface area contributed by atoms with Crippen LogP contribution in [-0.2, 0) is 17.8 Å². The highest BCUT2D eigenvalue weighted by molar-refractivity contribution is 5.82. The molecule has 2 aliphatic heterocycles. The van der Waals surface area contributed by atoms with Gasteiger partial charge in [-0.2, -0.15) is 13.2 Å². The van der Waals surface area contributed by atoms with Gasteiger partial charge in [-0.1, -0.05) is 12.5 Å². The highest BCUT2D eigenvalue weighted by Gasteiger charge is 2.43. The number of carbonyl (C=O) groups is 1. The number of likely N-dealkylation sites (tertiary alicyclic amines) is 1. The van der Waals surface area contributed by atoms with Crippen molar-refractivity contribution in [3.63, 3.8) is 0 Å². The Morgan fingerprint density at radius 2 is 1.85 bits per heavy atom. The fraction of sp³-hybridized carbons (Fsp3) is 0.684. The molecule has 4 rings (SSSR count). The van der Waals surface area contributed by atoms with E-state index in [9.17, 15) is 18.0 Å². The number of hydrogen-bond donors (Lipinski definition) is 0. The Bertz CT molecular complexity index is 698. The lowest BCUT2D eigenvalue weighted by Crippen LogP contribution is -2.46. The Morgan fingerprint density at radius 1 is 1.11 bits per heavy atom. The zero-order valence-corrected chi connectivity index (χ0v) is 15.2. The molecule has 148 valence electrons. The number of carbonyl (C=O) groups excluding carboxylic acids is 1. The number of aromatic nitrogens is 1. The third-order valence-corrected chi connectivity index (χ3v) is 5.91. The molecular weight excluding hydrogens is 359 g/mol. The second-order valence-electron chi connectivity index (χ2n) is 7.67. The SMILES string of the molecule is O=C(N1CCc2nc(OC3CCN(C4CCC4)CC3)ccc2C1)C(F)(F)F. The molecule has 0 aromatic carbocycles. The van der Waals surface area contributed by atoms with Gasteiger partial charge in [0, 0.05) is 44.7 Å². The van der Waals surface area contributed by atoms with Crippen LogP contribution in [0.4, 0.5) is 13.2 Å². The molecule has 3 heterocycles. The first-order chi connectivity index (χ1) is 12.9. The van der Waals surface area contributed by atoms with Crippen LogP contribution in [0.15, 0.2) is 12.1 Å². The van der Waals surface area contributed by atoms with E-state index < -0.39 is 12.1 Å². The summed E-state index contributed by atoms with van der Waals surface area (Å²) in [5.41, 5.74) is 1.39.